The van der Waals surface area contributed by atoms with E-state index in [1.165, 1.54) is 50.1 Å². The van der Waals surface area contributed by atoms with E-state index in [0.717, 1.165) is 15.0 Å². The molecule has 4 fully saturated rings. The third kappa shape index (κ3) is 2.63. The zero-order chi connectivity index (χ0) is 17.2. The van der Waals surface area contributed by atoms with Crippen LogP contribution in [0.15, 0.2) is 18.2 Å². The molecule has 4 heterocycles. The van der Waals surface area contributed by atoms with Gasteiger partial charge in [0.2, 0.25) is 0 Å². The van der Waals surface area contributed by atoms with Gasteiger partial charge in [0.15, 0.2) is 0 Å². The number of halogens is 2. The summed E-state index contributed by atoms with van der Waals surface area (Å²) in [4.78, 5) is 16.3. The highest BCUT2D eigenvalue weighted by Gasteiger charge is 2.60. The third-order valence-electron chi connectivity index (χ3n) is 6.30. The first-order valence-electron chi connectivity index (χ1n) is 8.94. The summed E-state index contributed by atoms with van der Waals surface area (Å²) in [7, 11) is 1.61. The highest BCUT2D eigenvalue weighted by molar-refractivity contribution is 7.21. The van der Waals surface area contributed by atoms with E-state index in [0.29, 0.717) is 22.7 Å². The number of carbonyl (C=O) groups excluding carboxylic acids is 1. The van der Waals surface area contributed by atoms with E-state index in [1.807, 2.05) is 18.2 Å². The van der Waals surface area contributed by atoms with Gasteiger partial charge in [-0.2, -0.15) is 0 Å². The Bertz CT molecular complexity index is 857. The second-order valence-electron chi connectivity index (χ2n) is 7.49. The van der Waals surface area contributed by atoms with Crippen LogP contribution in [-0.4, -0.2) is 42.6 Å². The van der Waals surface area contributed by atoms with Gasteiger partial charge >= 0.3 is 0 Å². The Kier molecular flexibility index (Phi) is 4.63. The van der Waals surface area contributed by atoms with Crippen molar-refractivity contribution in [2.45, 2.75) is 37.3 Å². The SMILES string of the molecule is COc1ccc2cc(C(=O)N[C@@H]3C4CCN(CC4)C34CC4)sc2c1Cl.Cl. The molecule has 1 aliphatic carbocycles. The molecule has 2 aromatic rings. The summed E-state index contributed by atoms with van der Waals surface area (Å²) in [6.07, 6.45) is 4.87. The number of nitrogens with one attached hydrogen (secondary N) is 1. The van der Waals surface area contributed by atoms with Crippen LogP contribution in [0.25, 0.3) is 10.1 Å². The van der Waals surface area contributed by atoms with Crippen molar-refractivity contribution >= 4 is 51.3 Å². The van der Waals surface area contributed by atoms with Crippen molar-refractivity contribution in [2.75, 3.05) is 20.2 Å². The molecule has 1 N–H and O–H groups in total. The van der Waals surface area contributed by atoms with Crippen molar-refractivity contribution < 1.29 is 9.53 Å². The smallest absolute Gasteiger partial charge is 0.261 e. The summed E-state index contributed by atoms with van der Waals surface area (Å²) in [5, 5.41) is 4.97. The lowest BCUT2D eigenvalue weighted by molar-refractivity contribution is -0.00138. The van der Waals surface area contributed by atoms with E-state index < -0.39 is 0 Å². The first-order chi connectivity index (χ1) is 12.1. The molecule has 26 heavy (non-hydrogen) atoms. The standard InChI is InChI=1S/C19H21ClN2O2S.ClH/c1-24-13-3-2-12-10-14(25-16(12)15(13)20)18(23)21-17-11-4-8-22(9-5-11)19(17)6-7-19;/h2-3,10-11,17H,4-9H2,1H3,(H,21,23);1H/t17-;/m1./s1. The number of nitrogens with zero attached hydrogens (tertiary/aromatic N) is 1. The topological polar surface area (TPSA) is 41.6 Å². The van der Waals surface area contributed by atoms with Crippen molar-refractivity contribution in [3.05, 3.63) is 28.1 Å². The van der Waals surface area contributed by atoms with Gasteiger partial charge in [-0.1, -0.05) is 11.6 Å². The van der Waals surface area contributed by atoms with Gasteiger partial charge in [-0.3, -0.25) is 9.69 Å². The molecule has 3 aliphatic heterocycles. The Labute approximate surface area is 168 Å². The molecule has 0 unspecified atom stereocenters. The lowest BCUT2D eigenvalue weighted by atomic mass is 9.77. The Morgan fingerprint density at radius 1 is 1.35 bits per heavy atom. The van der Waals surface area contributed by atoms with Gasteiger partial charge in [0, 0.05) is 5.54 Å². The lowest BCUT2D eigenvalue weighted by Crippen LogP contribution is -2.65. The molecule has 7 heteroatoms. The van der Waals surface area contributed by atoms with Crippen molar-refractivity contribution in [1.29, 1.82) is 0 Å². The highest BCUT2D eigenvalue weighted by Crippen LogP contribution is 2.53. The second-order valence-corrected chi connectivity index (χ2v) is 8.92. The maximum Gasteiger partial charge on any atom is 0.261 e. The van der Waals surface area contributed by atoms with E-state index in [2.05, 4.69) is 10.2 Å². The fraction of sp³-hybridized carbons (Fsp3) is 0.526. The van der Waals surface area contributed by atoms with Gasteiger partial charge in [-0.05, 0) is 68.3 Å². The van der Waals surface area contributed by atoms with Crippen LogP contribution in [0.3, 0.4) is 0 Å². The summed E-state index contributed by atoms with van der Waals surface area (Å²) >= 11 is 7.86. The van der Waals surface area contributed by atoms with Gasteiger partial charge in [-0.25, -0.2) is 0 Å². The van der Waals surface area contributed by atoms with Crippen LogP contribution in [0.4, 0.5) is 0 Å². The minimum Gasteiger partial charge on any atom is -0.495 e. The monoisotopic (exact) mass is 412 g/mol. The molecule has 3 saturated heterocycles. The Balaban J connectivity index is 0.00000168. The number of piperidine rings is 3. The lowest BCUT2D eigenvalue weighted by Gasteiger charge is -2.52. The van der Waals surface area contributed by atoms with E-state index in [1.54, 1.807) is 7.11 Å². The van der Waals surface area contributed by atoms with E-state index >= 15 is 0 Å². The molecule has 1 aromatic heterocycles. The van der Waals surface area contributed by atoms with Crippen LogP contribution in [0.5, 0.6) is 5.75 Å². The van der Waals surface area contributed by atoms with Crippen molar-refractivity contribution in [1.82, 2.24) is 10.2 Å². The van der Waals surface area contributed by atoms with Crippen LogP contribution in [0.1, 0.15) is 35.4 Å². The summed E-state index contributed by atoms with van der Waals surface area (Å²) in [5.74, 6) is 1.33. The van der Waals surface area contributed by atoms with Gasteiger partial charge in [0.25, 0.3) is 5.91 Å². The molecule has 1 atom stereocenters. The molecule has 2 bridgehead atoms. The van der Waals surface area contributed by atoms with Gasteiger partial charge in [0.1, 0.15) is 10.8 Å². The number of methoxy groups -OCH3 is 1. The molecule has 4 aliphatic rings. The summed E-state index contributed by atoms with van der Waals surface area (Å²) in [6, 6.07) is 6.06. The molecule has 6 rings (SSSR count). The van der Waals surface area contributed by atoms with Crippen LogP contribution >= 0.6 is 35.3 Å². The summed E-state index contributed by atoms with van der Waals surface area (Å²) in [5.41, 5.74) is 0.258. The number of amides is 1. The van der Waals surface area contributed by atoms with E-state index in [4.69, 9.17) is 16.3 Å². The number of hydrogen-bond acceptors (Lipinski definition) is 4. The number of benzene rings is 1. The van der Waals surface area contributed by atoms with Crippen LogP contribution in [0, 0.1) is 5.92 Å². The average molecular weight is 413 g/mol. The molecular formula is C19H22Cl2N2O2S. The first-order valence-corrected chi connectivity index (χ1v) is 10.1. The second kappa shape index (κ2) is 6.55. The molecule has 0 radical (unpaired) electrons. The largest absolute Gasteiger partial charge is 0.495 e. The van der Waals surface area contributed by atoms with Gasteiger partial charge < -0.3 is 10.1 Å². The molecule has 1 aromatic carbocycles. The quantitative estimate of drug-likeness (QED) is 0.814. The van der Waals surface area contributed by atoms with E-state index in [9.17, 15) is 4.79 Å². The van der Waals surface area contributed by atoms with Gasteiger partial charge in [0.05, 0.1) is 22.7 Å². The molecule has 1 amide bonds. The number of fused-ring (bicyclic) bond motifs is 3. The zero-order valence-electron chi connectivity index (χ0n) is 14.6. The van der Waals surface area contributed by atoms with Crippen LogP contribution in [0.2, 0.25) is 5.02 Å². The number of thiophene rings is 1. The maximum absolute atomic E-state index is 12.9. The number of rotatable bonds is 3. The number of ether oxygens (including phenoxy) is 1. The van der Waals surface area contributed by atoms with Crippen LogP contribution in [-0.2, 0) is 0 Å². The number of hydrogen-bond donors (Lipinski definition) is 1. The molecule has 4 nitrogen and oxygen atoms in total. The fourth-order valence-corrected chi connectivity index (χ4v) is 6.21. The van der Waals surface area contributed by atoms with E-state index in [-0.39, 0.29) is 23.9 Å². The normalized spacial score (nSPS) is 28.0. The van der Waals surface area contributed by atoms with Crippen molar-refractivity contribution in [3.63, 3.8) is 0 Å². The Hall–Kier alpha value is -1.01. The van der Waals surface area contributed by atoms with Gasteiger partial charge in [-0.15, -0.1) is 23.7 Å². The minimum absolute atomic E-state index is 0. The molecule has 1 spiro atoms. The Morgan fingerprint density at radius 2 is 2.08 bits per heavy atom. The Morgan fingerprint density at radius 3 is 2.73 bits per heavy atom. The predicted molar refractivity (Wildman–Crippen MR) is 108 cm³/mol. The molecule has 1 saturated carbocycles. The van der Waals surface area contributed by atoms with Crippen LogP contribution < -0.4 is 10.1 Å². The zero-order valence-corrected chi connectivity index (χ0v) is 17.0. The van der Waals surface area contributed by atoms with Crippen molar-refractivity contribution in [3.8, 4) is 5.75 Å². The minimum atomic E-state index is 0. The molecular weight excluding hydrogens is 391 g/mol. The predicted octanol–water partition coefficient (Wildman–Crippen LogP) is 4.34. The maximum atomic E-state index is 12.9. The fourth-order valence-electron chi connectivity index (χ4n) is 4.85. The number of carbonyl (C=O) groups is 1. The van der Waals surface area contributed by atoms with Crippen molar-refractivity contribution in [2.24, 2.45) is 5.92 Å². The average Bonchev–Trinajstić information content (AvgIpc) is 3.28. The highest BCUT2D eigenvalue weighted by atomic mass is 35.5. The third-order valence-corrected chi connectivity index (χ3v) is 7.96. The summed E-state index contributed by atoms with van der Waals surface area (Å²) < 4.78 is 6.20. The summed E-state index contributed by atoms with van der Waals surface area (Å²) in [6.45, 7) is 2.41. The first kappa shape index (κ1) is 18.4. The molecule has 140 valence electrons.